The number of nitrogens with zero attached hydrogens (tertiary/aromatic N) is 2. The second kappa shape index (κ2) is 9.26. The first-order valence-electron chi connectivity index (χ1n) is 8.08. The molecule has 0 bridgehead atoms. The molecule has 2 aromatic carbocycles. The van der Waals surface area contributed by atoms with Gasteiger partial charge >= 0.3 is 0 Å². The monoisotopic (exact) mass is 342 g/mol. The van der Waals surface area contributed by atoms with Crippen molar-refractivity contribution in [1.82, 2.24) is 9.55 Å². The SMILES string of the molecule is Cl.OC(CCn1ccnc1)c1ccc(CCc2ccccc2)cc1. The van der Waals surface area contributed by atoms with E-state index in [9.17, 15) is 5.11 Å². The standard InChI is InChI=1S/C20H22N2O.ClH/c23-20(12-14-22-15-13-21-16-22)19-10-8-18(9-11-19)7-6-17-4-2-1-3-5-17;/h1-5,8-11,13,15-16,20,23H,6-7,12,14H2;1H. The summed E-state index contributed by atoms with van der Waals surface area (Å²) in [4.78, 5) is 4.01. The van der Waals surface area contributed by atoms with Crippen molar-refractivity contribution in [3.8, 4) is 0 Å². The molecule has 0 saturated heterocycles. The van der Waals surface area contributed by atoms with Crippen LogP contribution in [-0.4, -0.2) is 14.7 Å². The normalized spacial score (nSPS) is 11.7. The number of hydrogen-bond acceptors (Lipinski definition) is 2. The van der Waals surface area contributed by atoms with E-state index in [1.165, 1.54) is 11.1 Å². The molecule has 126 valence electrons. The topological polar surface area (TPSA) is 38.0 Å². The summed E-state index contributed by atoms with van der Waals surface area (Å²) in [5, 5.41) is 10.3. The van der Waals surface area contributed by atoms with E-state index in [1.807, 2.05) is 29.0 Å². The molecule has 1 heterocycles. The first-order chi connectivity index (χ1) is 11.3. The van der Waals surface area contributed by atoms with Crippen LogP contribution in [0, 0.1) is 0 Å². The highest BCUT2D eigenvalue weighted by Crippen LogP contribution is 2.18. The van der Waals surface area contributed by atoms with Gasteiger partial charge in [0.15, 0.2) is 0 Å². The molecule has 3 rings (SSSR count). The van der Waals surface area contributed by atoms with Gasteiger partial charge in [-0.15, -0.1) is 12.4 Å². The maximum Gasteiger partial charge on any atom is 0.0945 e. The molecule has 24 heavy (non-hydrogen) atoms. The molecule has 1 aromatic heterocycles. The Hall–Kier alpha value is -2.10. The van der Waals surface area contributed by atoms with Crippen LogP contribution in [0.2, 0.25) is 0 Å². The van der Waals surface area contributed by atoms with E-state index >= 15 is 0 Å². The van der Waals surface area contributed by atoms with Crippen LogP contribution < -0.4 is 0 Å². The Morgan fingerprint density at radius 1 is 0.917 bits per heavy atom. The summed E-state index contributed by atoms with van der Waals surface area (Å²) in [6.07, 6.45) is 7.78. The molecule has 0 fully saturated rings. The van der Waals surface area contributed by atoms with Crippen LogP contribution in [0.3, 0.4) is 0 Å². The van der Waals surface area contributed by atoms with E-state index in [0.717, 1.165) is 24.9 Å². The number of hydrogen-bond donors (Lipinski definition) is 1. The Kier molecular flexibility index (Phi) is 7.04. The summed E-state index contributed by atoms with van der Waals surface area (Å²) >= 11 is 0. The zero-order valence-corrected chi connectivity index (χ0v) is 14.4. The van der Waals surface area contributed by atoms with Crippen LogP contribution in [0.5, 0.6) is 0 Å². The molecule has 0 aliphatic carbocycles. The first-order valence-corrected chi connectivity index (χ1v) is 8.08. The van der Waals surface area contributed by atoms with Gasteiger partial charge in [0, 0.05) is 18.9 Å². The Morgan fingerprint density at radius 2 is 1.58 bits per heavy atom. The zero-order chi connectivity index (χ0) is 15.9. The fourth-order valence-electron chi connectivity index (χ4n) is 2.70. The molecule has 0 aliphatic rings. The van der Waals surface area contributed by atoms with Crippen LogP contribution in [0.1, 0.15) is 29.2 Å². The molecule has 0 radical (unpaired) electrons. The van der Waals surface area contributed by atoms with Gasteiger partial charge < -0.3 is 9.67 Å². The van der Waals surface area contributed by atoms with Crippen molar-refractivity contribution in [2.24, 2.45) is 0 Å². The number of aryl methyl sites for hydroxylation is 3. The maximum absolute atomic E-state index is 10.3. The molecule has 0 amide bonds. The lowest BCUT2D eigenvalue weighted by atomic mass is 10.0. The largest absolute Gasteiger partial charge is 0.388 e. The van der Waals surface area contributed by atoms with Crippen molar-refractivity contribution < 1.29 is 5.11 Å². The van der Waals surface area contributed by atoms with Gasteiger partial charge in [0.05, 0.1) is 12.4 Å². The zero-order valence-electron chi connectivity index (χ0n) is 13.6. The van der Waals surface area contributed by atoms with Crippen LogP contribution >= 0.6 is 12.4 Å². The van der Waals surface area contributed by atoms with Gasteiger partial charge in [-0.25, -0.2) is 4.98 Å². The minimum absolute atomic E-state index is 0. The average molecular weight is 343 g/mol. The van der Waals surface area contributed by atoms with Crippen LogP contribution in [0.15, 0.2) is 73.3 Å². The Bertz CT molecular complexity index is 696. The third-order valence-corrected chi connectivity index (χ3v) is 4.13. The lowest BCUT2D eigenvalue weighted by molar-refractivity contribution is 0.161. The number of aliphatic hydroxyl groups is 1. The molecular weight excluding hydrogens is 320 g/mol. The van der Waals surface area contributed by atoms with E-state index in [4.69, 9.17) is 0 Å². The van der Waals surface area contributed by atoms with Crippen molar-refractivity contribution in [2.75, 3.05) is 0 Å². The third-order valence-electron chi connectivity index (χ3n) is 4.13. The molecule has 4 heteroatoms. The predicted molar refractivity (Wildman–Crippen MR) is 99.3 cm³/mol. The predicted octanol–water partition coefficient (Wildman–Crippen LogP) is 4.21. The van der Waals surface area contributed by atoms with Gasteiger partial charge in [0.2, 0.25) is 0 Å². The molecule has 1 N–H and O–H groups in total. The van der Waals surface area contributed by atoms with E-state index < -0.39 is 6.10 Å². The van der Waals surface area contributed by atoms with Crippen LogP contribution in [-0.2, 0) is 19.4 Å². The van der Waals surface area contributed by atoms with Gasteiger partial charge in [0.25, 0.3) is 0 Å². The van der Waals surface area contributed by atoms with Crippen LogP contribution in [0.25, 0.3) is 0 Å². The molecule has 3 nitrogen and oxygen atoms in total. The molecule has 0 aliphatic heterocycles. The fraction of sp³-hybridized carbons (Fsp3) is 0.250. The average Bonchev–Trinajstić information content (AvgIpc) is 3.13. The van der Waals surface area contributed by atoms with Crippen molar-refractivity contribution in [1.29, 1.82) is 0 Å². The summed E-state index contributed by atoms with van der Waals surface area (Å²) < 4.78 is 1.98. The number of halogens is 1. The smallest absolute Gasteiger partial charge is 0.0945 e. The minimum Gasteiger partial charge on any atom is -0.388 e. The lowest BCUT2D eigenvalue weighted by Crippen LogP contribution is -2.03. The highest BCUT2D eigenvalue weighted by molar-refractivity contribution is 5.85. The number of imidazole rings is 1. The molecule has 1 atom stereocenters. The second-order valence-corrected chi connectivity index (χ2v) is 5.83. The quantitative estimate of drug-likeness (QED) is 0.698. The van der Waals surface area contributed by atoms with Gasteiger partial charge in [-0.1, -0.05) is 54.6 Å². The Labute approximate surface area is 149 Å². The third kappa shape index (κ3) is 5.22. The van der Waals surface area contributed by atoms with E-state index in [-0.39, 0.29) is 12.4 Å². The van der Waals surface area contributed by atoms with Gasteiger partial charge in [0.1, 0.15) is 0 Å². The molecule has 0 saturated carbocycles. The van der Waals surface area contributed by atoms with Gasteiger partial charge in [-0.2, -0.15) is 0 Å². The molecule has 1 unspecified atom stereocenters. The van der Waals surface area contributed by atoms with Crippen molar-refractivity contribution in [2.45, 2.75) is 31.9 Å². The molecule has 0 spiro atoms. The van der Waals surface area contributed by atoms with Gasteiger partial charge in [-0.3, -0.25) is 0 Å². The van der Waals surface area contributed by atoms with E-state index in [2.05, 4.69) is 41.4 Å². The summed E-state index contributed by atoms with van der Waals surface area (Å²) in [6.45, 7) is 0.775. The second-order valence-electron chi connectivity index (χ2n) is 5.83. The summed E-state index contributed by atoms with van der Waals surface area (Å²) in [6, 6.07) is 18.9. The Balaban J connectivity index is 0.00000208. The van der Waals surface area contributed by atoms with Crippen LogP contribution in [0.4, 0.5) is 0 Å². The maximum atomic E-state index is 10.3. The number of aromatic nitrogens is 2. The fourth-order valence-corrected chi connectivity index (χ4v) is 2.70. The van der Waals surface area contributed by atoms with E-state index in [1.54, 1.807) is 12.5 Å². The number of benzene rings is 2. The van der Waals surface area contributed by atoms with Crippen molar-refractivity contribution in [3.05, 3.63) is 90.0 Å². The van der Waals surface area contributed by atoms with Crippen molar-refractivity contribution >= 4 is 12.4 Å². The number of rotatable bonds is 7. The van der Waals surface area contributed by atoms with Crippen molar-refractivity contribution in [3.63, 3.8) is 0 Å². The number of aliphatic hydroxyl groups excluding tert-OH is 1. The lowest BCUT2D eigenvalue weighted by Gasteiger charge is -2.12. The summed E-state index contributed by atoms with van der Waals surface area (Å²) in [5.74, 6) is 0. The minimum atomic E-state index is -0.430. The highest BCUT2D eigenvalue weighted by Gasteiger charge is 2.07. The highest BCUT2D eigenvalue weighted by atomic mass is 35.5. The first kappa shape index (κ1) is 18.2. The van der Waals surface area contributed by atoms with E-state index in [0.29, 0.717) is 6.42 Å². The summed E-state index contributed by atoms with van der Waals surface area (Å²) in [5.41, 5.74) is 3.64. The Morgan fingerprint density at radius 3 is 2.21 bits per heavy atom. The van der Waals surface area contributed by atoms with Gasteiger partial charge in [-0.05, 0) is 36.0 Å². The summed E-state index contributed by atoms with van der Waals surface area (Å²) in [7, 11) is 0. The molecular formula is C20H23ClN2O. The molecule has 3 aromatic rings.